The van der Waals surface area contributed by atoms with E-state index in [1.165, 1.54) is 9.80 Å². The number of allylic oxidation sites excluding steroid dienone is 2. The molecule has 162 valence electrons. The van der Waals surface area contributed by atoms with E-state index < -0.39 is 10.8 Å². The van der Waals surface area contributed by atoms with Crippen molar-refractivity contribution in [3.05, 3.63) is 24.3 Å². The molecule has 0 spiro atoms. The summed E-state index contributed by atoms with van der Waals surface area (Å²) in [6, 6.07) is 0. The number of unbranched alkanes of at least 4 members (excludes halogenated alkanes) is 3. The molecule has 0 bridgehead atoms. The second kappa shape index (κ2) is 7.78. The van der Waals surface area contributed by atoms with E-state index in [1.807, 2.05) is 38.2 Å². The molecule has 6 nitrogen and oxygen atoms in total. The van der Waals surface area contributed by atoms with E-state index in [4.69, 9.17) is 0 Å². The zero-order valence-corrected chi connectivity index (χ0v) is 18.1. The van der Waals surface area contributed by atoms with Gasteiger partial charge < -0.3 is 0 Å². The van der Waals surface area contributed by atoms with E-state index >= 15 is 0 Å². The van der Waals surface area contributed by atoms with Crippen LogP contribution in [0, 0.1) is 22.7 Å². The first kappa shape index (κ1) is 21.0. The Bertz CT molecular complexity index is 763. The second-order valence-corrected chi connectivity index (χ2v) is 9.63. The van der Waals surface area contributed by atoms with Gasteiger partial charge in [0.05, 0.1) is 22.7 Å². The number of likely N-dealkylation sites (tertiary alicyclic amines) is 2. The highest BCUT2D eigenvalue weighted by atomic mass is 16.2. The Labute approximate surface area is 178 Å². The number of hydrogen-bond acceptors (Lipinski definition) is 4. The molecule has 0 aromatic heterocycles. The summed E-state index contributed by atoms with van der Waals surface area (Å²) < 4.78 is 0. The largest absolute Gasteiger partial charge is 0.282 e. The molecule has 2 fully saturated rings. The standard InChI is InChI=1S/C24H32N2O4/c1-23-13-7-5-11-17(23)19(27)25(21(23)29)15-9-3-4-10-16-26-20(28)18-12-6-8-14-24(18,2)22(26)30/h7-8,13-14,17-18H,3-6,9-12,15-16H2,1-2H3. The van der Waals surface area contributed by atoms with Gasteiger partial charge in [0, 0.05) is 13.1 Å². The second-order valence-electron chi connectivity index (χ2n) is 9.63. The molecule has 0 saturated carbocycles. The maximum absolute atomic E-state index is 12.8. The third-order valence-corrected chi connectivity index (χ3v) is 7.67. The van der Waals surface area contributed by atoms with Crippen LogP contribution in [0.25, 0.3) is 0 Å². The van der Waals surface area contributed by atoms with Crippen LogP contribution < -0.4 is 0 Å². The number of rotatable bonds is 7. The summed E-state index contributed by atoms with van der Waals surface area (Å²) in [5, 5.41) is 0. The van der Waals surface area contributed by atoms with Gasteiger partial charge in [-0.1, -0.05) is 37.1 Å². The molecule has 0 aromatic carbocycles. The summed E-state index contributed by atoms with van der Waals surface area (Å²) in [6.45, 7) is 4.68. The molecule has 6 heteroatoms. The van der Waals surface area contributed by atoms with Crippen molar-refractivity contribution in [3.63, 3.8) is 0 Å². The third-order valence-electron chi connectivity index (χ3n) is 7.67. The van der Waals surface area contributed by atoms with Gasteiger partial charge in [0.2, 0.25) is 23.6 Å². The number of hydrogen-bond donors (Lipinski definition) is 0. The van der Waals surface area contributed by atoms with Crippen molar-refractivity contribution >= 4 is 23.6 Å². The Hall–Kier alpha value is -2.24. The number of imide groups is 2. The van der Waals surface area contributed by atoms with Crippen molar-refractivity contribution < 1.29 is 19.2 Å². The van der Waals surface area contributed by atoms with E-state index in [0.717, 1.165) is 51.4 Å². The first-order valence-corrected chi connectivity index (χ1v) is 11.4. The average Bonchev–Trinajstić information content (AvgIpc) is 3.04. The number of carbonyl (C=O) groups is 4. The summed E-state index contributed by atoms with van der Waals surface area (Å²) in [7, 11) is 0. The molecule has 4 aliphatic rings. The zero-order valence-electron chi connectivity index (χ0n) is 18.1. The van der Waals surface area contributed by atoms with Crippen LogP contribution in [0.2, 0.25) is 0 Å². The van der Waals surface area contributed by atoms with E-state index in [9.17, 15) is 19.2 Å². The smallest absolute Gasteiger partial charge is 0.239 e. The van der Waals surface area contributed by atoms with E-state index in [1.54, 1.807) is 0 Å². The number of nitrogens with zero attached hydrogens (tertiary/aromatic N) is 2. The van der Waals surface area contributed by atoms with Crippen LogP contribution in [0.1, 0.15) is 65.2 Å². The summed E-state index contributed by atoms with van der Waals surface area (Å²) in [4.78, 5) is 53.7. The van der Waals surface area contributed by atoms with Crippen LogP contribution in [-0.2, 0) is 19.2 Å². The van der Waals surface area contributed by atoms with Crippen LogP contribution in [0.3, 0.4) is 0 Å². The van der Waals surface area contributed by atoms with Crippen LogP contribution in [0.15, 0.2) is 24.3 Å². The molecule has 0 radical (unpaired) electrons. The number of fused-ring (bicyclic) bond motifs is 2. The van der Waals surface area contributed by atoms with Gasteiger partial charge in [-0.3, -0.25) is 29.0 Å². The molecule has 2 aliphatic carbocycles. The topological polar surface area (TPSA) is 74.8 Å². The van der Waals surface area contributed by atoms with Crippen molar-refractivity contribution in [1.82, 2.24) is 9.80 Å². The first-order chi connectivity index (χ1) is 14.3. The fraction of sp³-hybridized carbons (Fsp3) is 0.667. The minimum absolute atomic E-state index is 0.0241. The zero-order chi connectivity index (χ0) is 21.5. The lowest BCUT2D eigenvalue weighted by Gasteiger charge is -2.26. The minimum Gasteiger partial charge on any atom is -0.282 e. The molecular weight excluding hydrogens is 380 g/mol. The Morgan fingerprint density at radius 1 is 0.733 bits per heavy atom. The van der Waals surface area contributed by atoms with Crippen molar-refractivity contribution in [2.24, 2.45) is 22.7 Å². The fourth-order valence-electron chi connectivity index (χ4n) is 5.69. The van der Waals surface area contributed by atoms with Crippen LogP contribution in [0.4, 0.5) is 0 Å². The highest BCUT2D eigenvalue weighted by molar-refractivity contribution is 6.09. The van der Waals surface area contributed by atoms with Gasteiger partial charge >= 0.3 is 0 Å². The molecule has 2 saturated heterocycles. The maximum atomic E-state index is 12.8. The van der Waals surface area contributed by atoms with E-state index in [0.29, 0.717) is 13.1 Å². The quantitative estimate of drug-likeness (QED) is 0.366. The van der Waals surface area contributed by atoms with Crippen molar-refractivity contribution in [2.75, 3.05) is 13.1 Å². The summed E-state index contributed by atoms with van der Waals surface area (Å²) in [5.74, 6) is -0.591. The van der Waals surface area contributed by atoms with Gasteiger partial charge in [-0.2, -0.15) is 0 Å². The molecule has 2 aliphatic heterocycles. The number of amides is 4. The third kappa shape index (κ3) is 3.15. The van der Waals surface area contributed by atoms with Crippen molar-refractivity contribution in [3.8, 4) is 0 Å². The first-order valence-electron chi connectivity index (χ1n) is 11.4. The lowest BCUT2D eigenvalue weighted by Crippen LogP contribution is -2.35. The SMILES string of the molecule is CC12C=CCCC1C(=O)N(CCCCCCN1C(=O)C3CCC=CC3(C)C1=O)C2=O. The van der Waals surface area contributed by atoms with E-state index in [2.05, 4.69) is 0 Å². The average molecular weight is 413 g/mol. The Balaban J connectivity index is 1.22. The van der Waals surface area contributed by atoms with Gasteiger partial charge in [-0.05, 0) is 52.4 Å². The minimum atomic E-state index is -0.660. The normalized spacial score (nSPS) is 35.4. The summed E-state index contributed by atoms with van der Waals surface area (Å²) >= 11 is 0. The highest BCUT2D eigenvalue weighted by Gasteiger charge is 2.56. The van der Waals surface area contributed by atoms with Gasteiger partial charge in [0.15, 0.2) is 0 Å². The van der Waals surface area contributed by atoms with Crippen molar-refractivity contribution in [1.29, 1.82) is 0 Å². The molecule has 30 heavy (non-hydrogen) atoms. The maximum Gasteiger partial charge on any atom is 0.239 e. The molecule has 4 atom stereocenters. The summed E-state index contributed by atoms with van der Waals surface area (Å²) in [6.07, 6.45) is 14.3. The number of carbonyl (C=O) groups excluding carboxylic acids is 4. The Kier molecular flexibility index (Phi) is 5.45. The van der Waals surface area contributed by atoms with E-state index in [-0.39, 0.29) is 35.5 Å². The Morgan fingerprint density at radius 2 is 1.13 bits per heavy atom. The molecule has 2 heterocycles. The molecule has 4 amide bonds. The molecule has 4 rings (SSSR count). The monoisotopic (exact) mass is 412 g/mol. The van der Waals surface area contributed by atoms with Gasteiger partial charge in [0.25, 0.3) is 0 Å². The van der Waals surface area contributed by atoms with Crippen LogP contribution in [-0.4, -0.2) is 46.5 Å². The van der Waals surface area contributed by atoms with Crippen LogP contribution >= 0.6 is 0 Å². The fourth-order valence-corrected chi connectivity index (χ4v) is 5.69. The van der Waals surface area contributed by atoms with Crippen LogP contribution in [0.5, 0.6) is 0 Å². The summed E-state index contributed by atoms with van der Waals surface area (Å²) in [5.41, 5.74) is -1.32. The van der Waals surface area contributed by atoms with Gasteiger partial charge in [0.1, 0.15) is 0 Å². The predicted octanol–water partition coefficient (Wildman–Crippen LogP) is 3.23. The predicted molar refractivity (Wildman–Crippen MR) is 112 cm³/mol. The molecule has 4 unspecified atom stereocenters. The lowest BCUT2D eigenvalue weighted by molar-refractivity contribution is -0.142. The Morgan fingerprint density at radius 3 is 1.50 bits per heavy atom. The molecule has 0 aromatic rings. The molecular formula is C24H32N2O4. The lowest BCUT2D eigenvalue weighted by atomic mass is 9.73. The van der Waals surface area contributed by atoms with Gasteiger partial charge in [-0.25, -0.2) is 0 Å². The van der Waals surface area contributed by atoms with Gasteiger partial charge in [-0.15, -0.1) is 0 Å². The highest BCUT2D eigenvalue weighted by Crippen LogP contribution is 2.45. The van der Waals surface area contributed by atoms with Crippen molar-refractivity contribution in [2.45, 2.75) is 65.2 Å². The molecule has 0 N–H and O–H groups in total.